The lowest BCUT2D eigenvalue weighted by Crippen LogP contribution is -2.28. The molecule has 3 heteroatoms. The lowest BCUT2D eigenvalue weighted by Gasteiger charge is -2.33. The molecule has 0 unspecified atom stereocenters. The summed E-state index contributed by atoms with van der Waals surface area (Å²) in [6.07, 6.45) is 0. The van der Waals surface area contributed by atoms with E-state index in [1.54, 1.807) is 0 Å². The van der Waals surface area contributed by atoms with Crippen LogP contribution in [0.4, 0.5) is 0 Å². The second-order valence-corrected chi connectivity index (χ2v) is 18.2. The highest BCUT2D eigenvalue weighted by atomic mass is 32.1. The highest BCUT2D eigenvalue weighted by molar-refractivity contribution is 7.26. The Morgan fingerprint density at radius 2 is 0.864 bits per heavy atom. The molecule has 0 N–H and O–H groups in total. The number of fused-ring (bicyclic) bond motifs is 7. The minimum absolute atomic E-state index is 0.530. The average molecular weight is 857 g/mol. The van der Waals surface area contributed by atoms with E-state index in [9.17, 15) is 0 Å². The molecule has 0 atom stereocenters. The Hall–Kier alpha value is -8.24. The molecule has 10 aromatic carbocycles. The number of hydrogen-bond acceptors (Lipinski definition) is 3. The molecular weight excluding hydrogens is 817 g/mol. The van der Waals surface area contributed by atoms with Gasteiger partial charge in [0.1, 0.15) is 0 Å². The maximum atomic E-state index is 5.50. The van der Waals surface area contributed by atoms with Crippen LogP contribution in [0.3, 0.4) is 0 Å². The minimum atomic E-state index is -0.530. The zero-order valence-corrected chi connectivity index (χ0v) is 36.7. The van der Waals surface area contributed by atoms with Crippen LogP contribution in [0.2, 0.25) is 0 Å². The van der Waals surface area contributed by atoms with Gasteiger partial charge in [0.25, 0.3) is 0 Å². The minimum Gasteiger partial charge on any atom is -0.228 e. The van der Waals surface area contributed by atoms with Crippen molar-refractivity contribution in [2.24, 2.45) is 0 Å². The third-order valence-corrected chi connectivity index (χ3v) is 14.8. The fourth-order valence-corrected chi connectivity index (χ4v) is 11.9. The van der Waals surface area contributed by atoms with E-state index in [1.165, 1.54) is 75.5 Å². The lowest BCUT2D eigenvalue weighted by atomic mass is 9.67. The van der Waals surface area contributed by atoms with Crippen molar-refractivity contribution in [3.63, 3.8) is 0 Å². The summed E-state index contributed by atoms with van der Waals surface area (Å²) in [6.45, 7) is 0. The number of aromatic nitrogens is 2. The smallest absolute Gasteiger partial charge is 0.160 e. The van der Waals surface area contributed by atoms with E-state index in [0.717, 1.165) is 39.2 Å². The van der Waals surface area contributed by atoms with E-state index in [0.29, 0.717) is 5.82 Å². The topological polar surface area (TPSA) is 25.8 Å². The molecule has 0 fully saturated rings. The van der Waals surface area contributed by atoms with Crippen LogP contribution in [0.5, 0.6) is 0 Å². The van der Waals surface area contributed by atoms with Gasteiger partial charge in [-0.2, -0.15) is 0 Å². The molecule has 0 bridgehead atoms. The van der Waals surface area contributed by atoms with Crippen LogP contribution >= 0.6 is 11.3 Å². The quantitative estimate of drug-likeness (QED) is 0.160. The molecular formula is C63H40N2S. The Kier molecular flexibility index (Phi) is 8.97. The zero-order chi connectivity index (χ0) is 43.6. The highest BCUT2D eigenvalue weighted by Crippen LogP contribution is 2.58. The Labute approximate surface area is 387 Å². The number of hydrogen-bond donors (Lipinski definition) is 0. The van der Waals surface area contributed by atoms with E-state index in [2.05, 4.69) is 243 Å². The first-order valence-corrected chi connectivity index (χ1v) is 23.4. The SMILES string of the molecule is c1ccc(-c2nc(-c3cc(-c4cccc5ccccc45)cc(-c4cccc5c4sc4ccccc45)c3)cc(-c3cccc4c3-c3ccccc3C4(c3ccccc3)c3ccccc3)n2)cc1. The average Bonchev–Trinajstić information content (AvgIpc) is 3.93. The number of benzene rings is 10. The molecule has 0 amide bonds. The molecule has 0 radical (unpaired) electrons. The zero-order valence-electron chi connectivity index (χ0n) is 35.9. The summed E-state index contributed by atoms with van der Waals surface area (Å²) < 4.78 is 2.57. The van der Waals surface area contributed by atoms with E-state index < -0.39 is 5.41 Å². The third-order valence-electron chi connectivity index (χ3n) is 13.6. The molecule has 2 heterocycles. The summed E-state index contributed by atoms with van der Waals surface area (Å²) in [5, 5.41) is 5.00. The number of nitrogens with zero attached hydrogens (tertiary/aromatic N) is 2. The molecule has 0 aliphatic heterocycles. The van der Waals surface area contributed by atoms with Gasteiger partial charge in [0, 0.05) is 36.9 Å². The van der Waals surface area contributed by atoms with Gasteiger partial charge in [0.05, 0.1) is 16.8 Å². The maximum absolute atomic E-state index is 5.50. The lowest BCUT2D eigenvalue weighted by molar-refractivity contribution is 0.768. The summed E-state index contributed by atoms with van der Waals surface area (Å²) in [6, 6.07) is 88.2. The number of thiophene rings is 1. The molecule has 0 saturated heterocycles. The van der Waals surface area contributed by atoms with E-state index >= 15 is 0 Å². The second-order valence-electron chi connectivity index (χ2n) is 17.2. The van der Waals surface area contributed by atoms with Gasteiger partial charge in [-0.05, 0) is 96.7 Å². The van der Waals surface area contributed by atoms with Gasteiger partial charge < -0.3 is 0 Å². The Morgan fingerprint density at radius 3 is 1.67 bits per heavy atom. The van der Waals surface area contributed by atoms with Crippen molar-refractivity contribution in [2.75, 3.05) is 0 Å². The van der Waals surface area contributed by atoms with Gasteiger partial charge in [-0.3, -0.25) is 0 Å². The Balaban J connectivity index is 1.09. The van der Waals surface area contributed by atoms with Gasteiger partial charge in [0.2, 0.25) is 0 Å². The summed E-state index contributed by atoms with van der Waals surface area (Å²) >= 11 is 1.87. The molecule has 66 heavy (non-hydrogen) atoms. The predicted molar refractivity (Wildman–Crippen MR) is 277 cm³/mol. The molecule has 1 aliphatic carbocycles. The van der Waals surface area contributed by atoms with Crippen molar-refractivity contribution >= 4 is 42.3 Å². The summed E-state index contributed by atoms with van der Waals surface area (Å²) in [5.74, 6) is 0.688. The van der Waals surface area contributed by atoms with Crippen molar-refractivity contribution in [3.05, 3.63) is 265 Å². The van der Waals surface area contributed by atoms with Crippen LogP contribution in [0, 0.1) is 0 Å². The third kappa shape index (κ3) is 6.01. The van der Waals surface area contributed by atoms with Crippen LogP contribution < -0.4 is 0 Å². The van der Waals surface area contributed by atoms with Crippen LogP contribution in [0.1, 0.15) is 22.3 Å². The predicted octanol–water partition coefficient (Wildman–Crippen LogP) is 16.7. The Morgan fingerprint density at radius 1 is 0.333 bits per heavy atom. The molecule has 13 rings (SSSR count). The molecule has 0 saturated carbocycles. The van der Waals surface area contributed by atoms with E-state index in [4.69, 9.17) is 9.97 Å². The van der Waals surface area contributed by atoms with Gasteiger partial charge in [-0.25, -0.2) is 9.97 Å². The molecule has 12 aromatic rings. The van der Waals surface area contributed by atoms with Gasteiger partial charge >= 0.3 is 0 Å². The van der Waals surface area contributed by atoms with Crippen LogP contribution in [0.25, 0.3) is 98.2 Å². The normalized spacial score (nSPS) is 12.7. The van der Waals surface area contributed by atoms with Crippen LogP contribution in [-0.2, 0) is 5.41 Å². The number of rotatable bonds is 7. The van der Waals surface area contributed by atoms with Crippen LogP contribution in [-0.4, -0.2) is 9.97 Å². The first kappa shape index (κ1) is 38.2. The molecule has 0 spiro atoms. The summed E-state index contributed by atoms with van der Waals surface area (Å²) in [5.41, 5.74) is 16.4. The van der Waals surface area contributed by atoms with Crippen molar-refractivity contribution < 1.29 is 0 Å². The summed E-state index contributed by atoms with van der Waals surface area (Å²) in [4.78, 5) is 11.0. The standard InChI is InChI=1S/C63H40N2S/c1-4-20-42(21-5-1)62-64-57(40-58(65-62)54-33-18-35-56-60(54)53-29-12-14-34-55(53)63(56,46-23-6-2-7-24-46)47-25-8-3-9-26-47)45-38-43(49-30-16-22-41-19-10-11-27-48(41)49)37-44(39-45)50-31-17-32-52-51-28-13-15-36-59(51)66-61(50)52/h1-40H. The van der Waals surface area contributed by atoms with Gasteiger partial charge in [0.15, 0.2) is 5.82 Å². The molecule has 1 aliphatic rings. The van der Waals surface area contributed by atoms with Crippen molar-refractivity contribution in [3.8, 4) is 67.3 Å². The second kappa shape index (κ2) is 15.5. The van der Waals surface area contributed by atoms with Crippen molar-refractivity contribution in [1.29, 1.82) is 0 Å². The molecule has 2 nitrogen and oxygen atoms in total. The largest absolute Gasteiger partial charge is 0.228 e. The fourth-order valence-electron chi connectivity index (χ4n) is 10.7. The van der Waals surface area contributed by atoms with E-state index in [1.807, 2.05) is 11.3 Å². The molecule has 2 aromatic heterocycles. The van der Waals surface area contributed by atoms with Gasteiger partial charge in [-0.15, -0.1) is 11.3 Å². The first-order chi connectivity index (χ1) is 32.7. The maximum Gasteiger partial charge on any atom is 0.160 e. The summed E-state index contributed by atoms with van der Waals surface area (Å²) in [7, 11) is 0. The fraction of sp³-hybridized carbons (Fsp3) is 0.0159. The Bertz CT molecular complexity index is 3770. The van der Waals surface area contributed by atoms with Gasteiger partial charge in [-0.1, -0.05) is 212 Å². The first-order valence-electron chi connectivity index (χ1n) is 22.6. The monoisotopic (exact) mass is 856 g/mol. The van der Waals surface area contributed by atoms with Crippen LogP contribution in [0.15, 0.2) is 243 Å². The highest BCUT2D eigenvalue weighted by Gasteiger charge is 2.46. The van der Waals surface area contributed by atoms with Crippen molar-refractivity contribution in [1.82, 2.24) is 9.97 Å². The van der Waals surface area contributed by atoms with E-state index in [-0.39, 0.29) is 0 Å². The molecule has 308 valence electrons. The van der Waals surface area contributed by atoms with Crippen molar-refractivity contribution in [2.45, 2.75) is 5.41 Å².